The Morgan fingerprint density at radius 2 is 2.06 bits per heavy atom. The van der Waals surface area contributed by atoms with Crippen molar-refractivity contribution in [1.29, 1.82) is 0 Å². The Morgan fingerprint density at radius 3 is 2.78 bits per heavy atom. The third kappa shape index (κ3) is 2.34. The number of nitrogens with zero attached hydrogens (tertiary/aromatic N) is 2. The van der Waals surface area contributed by atoms with Gasteiger partial charge in [0.1, 0.15) is 17.6 Å². The van der Waals surface area contributed by atoms with Gasteiger partial charge in [0.2, 0.25) is 5.88 Å². The highest BCUT2D eigenvalue weighted by Crippen LogP contribution is 2.32. The molecule has 2 rings (SSSR count). The van der Waals surface area contributed by atoms with Crippen LogP contribution in [-0.2, 0) is 0 Å². The van der Waals surface area contributed by atoms with Crippen LogP contribution in [0.3, 0.4) is 0 Å². The van der Waals surface area contributed by atoms with Gasteiger partial charge in [0.05, 0.1) is 11.6 Å². The summed E-state index contributed by atoms with van der Waals surface area (Å²) in [7, 11) is 1.43. The fourth-order valence-corrected chi connectivity index (χ4v) is 2.04. The van der Waals surface area contributed by atoms with Crippen molar-refractivity contribution in [2.75, 3.05) is 7.11 Å². The lowest BCUT2D eigenvalue weighted by Crippen LogP contribution is -2.07. The molecule has 1 N–H and O–H groups in total. The molecule has 4 nitrogen and oxygen atoms in total. The number of hydrogen-bond donors (Lipinski definition) is 1. The van der Waals surface area contributed by atoms with Gasteiger partial charge in [0, 0.05) is 18.0 Å². The Hall–Kier alpha value is -1.53. The normalized spacial score (nSPS) is 12.2. The summed E-state index contributed by atoms with van der Waals surface area (Å²) >= 11 is 3.10. The topological polar surface area (TPSA) is 55.2 Å². The minimum Gasteiger partial charge on any atom is -0.480 e. The molecule has 0 spiro atoms. The molecule has 1 unspecified atom stereocenters. The van der Waals surface area contributed by atoms with Crippen LogP contribution < -0.4 is 4.74 Å². The number of halogens is 2. The Labute approximate surface area is 112 Å². The molecular weight excluding hydrogens is 303 g/mol. The third-order valence-corrected chi connectivity index (χ3v) is 3.26. The molecule has 18 heavy (non-hydrogen) atoms. The van der Waals surface area contributed by atoms with E-state index in [1.807, 2.05) is 0 Å². The highest BCUT2D eigenvalue weighted by atomic mass is 79.9. The highest BCUT2D eigenvalue weighted by Gasteiger charge is 2.21. The lowest BCUT2D eigenvalue weighted by atomic mass is 10.1. The molecule has 0 amide bonds. The van der Waals surface area contributed by atoms with E-state index in [0.717, 1.165) is 0 Å². The van der Waals surface area contributed by atoms with Crippen LogP contribution in [0.2, 0.25) is 0 Å². The van der Waals surface area contributed by atoms with Crippen LogP contribution in [0, 0.1) is 5.82 Å². The van der Waals surface area contributed by atoms with Crippen molar-refractivity contribution in [1.82, 2.24) is 9.97 Å². The number of ether oxygens (including phenoxy) is 1. The zero-order chi connectivity index (χ0) is 13.1. The zero-order valence-corrected chi connectivity index (χ0v) is 11.1. The number of aliphatic hydroxyl groups excluding tert-OH is 1. The van der Waals surface area contributed by atoms with Gasteiger partial charge in [0.15, 0.2) is 0 Å². The predicted octanol–water partition coefficient (Wildman–Crippen LogP) is 2.47. The molecule has 0 radical (unpaired) electrons. The first-order valence-electron chi connectivity index (χ1n) is 5.12. The van der Waals surface area contributed by atoms with Crippen molar-refractivity contribution < 1.29 is 14.2 Å². The number of aromatic nitrogens is 2. The molecule has 0 saturated carbocycles. The highest BCUT2D eigenvalue weighted by molar-refractivity contribution is 9.10. The quantitative estimate of drug-likeness (QED) is 0.946. The van der Waals surface area contributed by atoms with Gasteiger partial charge in [0.25, 0.3) is 0 Å². The fourth-order valence-electron chi connectivity index (χ4n) is 1.56. The molecule has 0 aliphatic carbocycles. The zero-order valence-electron chi connectivity index (χ0n) is 9.47. The number of hydrogen-bond acceptors (Lipinski definition) is 4. The summed E-state index contributed by atoms with van der Waals surface area (Å²) in [5.74, 6) is -0.240. The summed E-state index contributed by atoms with van der Waals surface area (Å²) < 4.78 is 18.6. The lowest BCUT2D eigenvalue weighted by Gasteiger charge is -2.14. The van der Waals surface area contributed by atoms with Crippen molar-refractivity contribution >= 4 is 15.9 Å². The van der Waals surface area contributed by atoms with E-state index in [-0.39, 0.29) is 16.0 Å². The van der Waals surface area contributed by atoms with Crippen molar-refractivity contribution in [2.45, 2.75) is 6.10 Å². The largest absolute Gasteiger partial charge is 0.480 e. The van der Waals surface area contributed by atoms with Gasteiger partial charge in [-0.05, 0) is 22.0 Å². The molecule has 0 saturated heterocycles. The summed E-state index contributed by atoms with van der Waals surface area (Å²) in [5, 5.41) is 10.2. The first-order chi connectivity index (χ1) is 8.65. The molecular formula is C12H10BrFN2O2. The Balaban J connectivity index is 2.48. The van der Waals surface area contributed by atoms with Crippen LogP contribution >= 0.6 is 15.9 Å². The second kappa shape index (κ2) is 5.41. The van der Waals surface area contributed by atoms with Crippen LogP contribution in [-0.4, -0.2) is 22.2 Å². The van der Waals surface area contributed by atoms with Crippen LogP contribution in [0.1, 0.15) is 17.4 Å². The molecule has 1 aromatic heterocycles. The van der Waals surface area contributed by atoms with E-state index < -0.39 is 11.9 Å². The molecule has 1 aromatic carbocycles. The van der Waals surface area contributed by atoms with Gasteiger partial charge in [-0.1, -0.05) is 12.1 Å². The van der Waals surface area contributed by atoms with Gasteiger partial charge in [-0.15, -0.1) is 0 Å². The maximum absolute atomic E-state index is 13.4. The summed E-state index contributed by atoms with van der Waals surface area (Å²) in [6.45, 7) is 0. The van der Waals surface area contributed by atoms with Crippen molar-refractivity contribution in [2.24, 2.45) is 0 Å². The van der Waals surface area contributed by atoms with Gasteiger partial charge in [-0.2, -0.15) is 0 Å². The Morgan fingerprint density at radius 1 is 1.33 bits per heavy atom. The molecule has 6 heteroatoms. The van der Waals surface area contributed by atoms with Crippen molar-refractivity contribution in [3.63, 3.8) is 0 Å². The van der Waals surface area contributed by atoms with Crippen LogP contribution in [0.25, 0.3) is 0 Å². The number of aliphatic hydroxyl groups is 1. The first kappa shape index (κ1) is 12.9. The number of methoxy groups -OCH3 is 1. The minimum atomic E-state index is -1.11. The molecule has 94 valence electrons. The van der Waals surface area contributed by atoms with Crippen LogP contribution in [0.4, 0.5) is 4.39 Å². The molecule has 0 fully saturated rings. The third-order valence-electron chi connectivity index (χ3n) is 2.42. The van der Waals surface area contributed by atoms with Gasteiger partial charge in [-0.25, -0.2) is 9.37 Å². The summed E-state index contributed by atoms with van der Waals surface area (Å²) in [4.78, 5) is 7.96. The fraction of sp³-hybridized carbons (Fsp3) is 0.167. The standard InChI is InChI=1S/C12H10BrFN2O2/c1-18-12-10(15-5-6-16-12)11(17)7-3-2-4-8(14)9(7)13/h2-6,11,17H,1H3. The second-order valence-electron chi connectivity index (χ2n) is 3.50. The second-order valence-corrected chi connectivity index (χ2v) is 4.29. The van der Waals surface area contributed by atoms with E-state index in [2.05, 4.69) is 25.9 Å². The maximum atomic E-state index is 13.4. The van der Waals surface area contributed by atoms with Gasteiger partial charge in [-0.3, -0.25) is 4.98 Å². The maximum Gasteiger partial charge on any atom is 0.238 e. The average Bonchev–Trinajstić information content (AvgIpc) is 2.41. The van der Waals surface area contributed by atoms with Gasteiger partial charge >= 0.3 is 0 Å². The van der Waals surface area contributed by atoms with E-state index in [4.69, 9.17) is 4.74 Å². The Kier molecular flexibility index (Phi) is 3.88. The van der Waals surface area contributed by atoms with E-state index >= 15 is 0 Å². The van der Waals surface area contributed by atoms with E-state index in [1.165, 1.54) is 31.6 Å². The van der Waals surface area contributed by atoms with Gasteiger partial charge < -0.3 is 9.84 Å². The smallest absolute Gasteiger partial charge is 0.238 e. The van der Waals surface area contributed by atoms with E-state index in [1.54, 1.807) is 6.07 Å². The van der Waals surface area contributed by atoms with Crippen LogP contribution in [0.5, 0.6) is 5.88 Å². The first-order valence-corrected chi connectivity index (χ1v) is 5.91. The molecule has 2 aromatic rings. The molecule has 1 heterocycles. The Bertz CT molecular complexity index is 566. The molecule has 0 aliphatic rings. The predicted molar refractivity (Wildman–Crippen MR) is 66.7 cm³/mol. The summed E-state index contributed by atoms with van der Waals surface area (Å²) in [6.07, 6.45) is 1.78. The molecule has 1 atom stereocenters. The molecule has 0 bridgehead atoms. The minimum absolute atomic E-state index is 0.199. The SMILES string of the molecule is COc1nccnc1C(O)c1cccc(F)c1Br. The number of rotatable bonds is 3. The summed E-state index contributed by atoms with van der Waals surface area (Å²) in [5.41, 5.74) is 0.611. The monoisotopic (exact) mass is 312 g/mol. The lowest BCUT2D eigenvalue weighted by molar-refractivity contribution is 0.206. The van der Waals surface area contributed by atoms with Crippen molar-refractivity contribution in [3.8, 4) is 5.88 Å². The van der Waals surface area contributed by atoms with E-state index in [9.17, 15) is 9.50 Å². The van der Waals surface area contributed by atoms with Crippen LogP contribution in [0.15, 0.2) is 35.1 Å². The summed E-state index contributed by atoms with van der Waals surface area (Å²) in [6, 6.07) is 4.42. The average molecular weight is 313 g/mol. The van der Waals surface area contributed by atoms with E-state index in [0.29, 0.717) is 5.56 Å². The van der Waals surface area contributed by atoms with Crippen molar-refractivity contribution in [3.05, 3.63) is 52.1 Å². The molecule has 0 aliphatic heterocycles. The number of benzene rings is 1.